The van der Waals surface area contributed by atoms with Crippen molar-refractivity contribution in [2.75, 3.05) is 6.54 Å². The van der Waals surface area contributed by atoms with E-state index in [1.807, 2.05) is 23.9 Å². The van der Waals surface area contributed by atoms with Crippen molar-refractivity contribution >= 4 is 35.0 Å². The summed E-state index contributed by atoms with van der Waals surface area (Å²) in [5.41, 5.74) is 5.93. The Hall–Kier alpha value is 0.110. The highest BCUT2D eigenvalue weighted by atomic mass is 35.5. The fourth-order valence-corrected chi connectivity index (χ4v) is 4.64. The maximum Gasteiger partial charge on any atom is 0.0603 e. The predicted octanol–water partition coefficient (Wildman–Crippen LogP) is 5.24. The van der Waals surface area contributed by atoms with Crippen LogP contribution in [0, 0.1) is 11.8 Å². The molecule has 0 aliphatic heterocycles. The Morgan fingerprint density at radius 1 is 1.26 bits per heavy atom. The van der Waals surface area contributed by atoms with Crippen molar-refractivity contribution in [3.63, 3.8) is 0 Å². The molecular formula is C15H21Cl2NS. The largest absolute Gasteiger partial charge is 0.330 e. The van der Waals surface area contributed by atoms with E-state index in [1.54, 1.807) is 0 Å². The number of thioether (sulfide) groups is 1. The first-order chi connectivity index (χ1) is 9.13. The second kappa shape index (κ2) is 7.21. The Morgan fingerprint density at radius 2 is 2.05 bits per heavy atom. The van der Waals surface area contributed by atoms with Crippen LogP contribution in [0.3, 0.4) is 0 Å². The van der Waals surface area contributed by atoms with Gasteiger partial charge in [-0.05, 0) is 49.4 Å². The van der Waals surface area contributed by atoms with E-state index in [2.05, 4.69) is 13.0 Å². The lowest BCUT2D eigenvalue weighted by molar-refractivity contribution is 0.284. The summed E-state index contributed by atoms with van der Waals surface area (Å²) in [6, 6.07) is 5.91. The van der Waals surface area contributed by atoms with E-state index in [4.69, 9.17) is 28.9 Å². The zero-order valence-corrected chi connectivity index (χ0v) is 13.6. The second-order valence-corrected chi connectivity index (χ2v) is 7.44. The standard InChI is InChI=1S/C15H21Cl2NS/c1-2-10-3-4-11(9-18)15(7-10)19-12-5-6-13(16)14(17)8-12/h5-6,8,10-11,15H,2-4,7,9,18H2,1H3. The van der Waals surface area contributed by atoms with E-state index in [1.165, 1.54) is 30.6 Å². The summed E-state index contributed by atoms with van der Waals surface area (Å²) in [7, 11) is 0. The van der Waals surface area contributed by atoms with E-state index in [0.29, 0.717) is 21.2 Å². The van der Waals surface area contributed by atoms with Crippen LogP contribution in [0.15, 0.2) is 23.1 Å². The molecule has 1 fully saturated rings. The molecule has 1 aromatic rings. The van der Waals surface area contributed by atoms with Crippen LogP contribution in [0.1, 0.15) is 32.6 Å². The Kier molecular flexibility index (Phi) is 5.88. The first-order valence-electron chi connectivity index (χ1n) is 6.95. The molecule has 106 valence electrons. The molecule has 0 aromatic heterocycles. The van der Waals surface area contributed by atoms with Gasteiger partial charge in [0.2, 0.25) is 0 Å². The van der Waals surface area contributed by atoms with Crippen LogP contribution in [0.2, 0.25) is 10.0 Å². The lowest BCUT2D eigenvalue weighted by atomic mass is 9.80. The van der Waals surface area contributed by atoms with Crippen LogP contribution < -0.4 is 5.73 Å². The Bertz CT molecular complexity index is 425. The molecule has 2 rings (SSSR count). The van der Waals surface area contributed by atoms with Crippen LogP contribution in [0.5, 0.6) is 0 Å². The van der Waals surface area contributed by atoms with Crippen molar-refractivity contribution in [2.24, 2.45) is 17.6 Å². The van der Waals surface area contributed by atoms with Gasteiger partial charge in [-0.2, -0.15) is 0 Å². The second-order valence-electron chi connectivity index (χ2n) is 5.32. The molecule has 4 heteroatoms. The minimum absolute atomic E-state index is 0.612. The van der Waals surface area contributed by atoms with E-state index < -0.39 is 0 Å². The van der Waals surface area contributed by atoms with Crippen molar-refractivity contribution in [1.82, 2.24) is 0 Å². The van der Waals surface area contributed by atoms with Gasteiger partial charge in [0, 0.05) is 10.1 Å². The van der Waals surface area contributed by atoms with Gasteiger partial charge in [0.25, 0.3) is 0 Å². The molecule has 1 aliphatic rings. The van der Waals surface area contributed by atoms with Gasteiger partial charge < -0.3 is 5.73 Å². The fraction of sp³-hybridized carbons (Fsp3) is 0.600. The molecule has 0 bridgehead atoms. The Balaban J connectivity index is 2.07. The number of hydrogen-bond acceptors (Lipinski definition) is 2. The SMILES string of the molecule is CCC1CCC(CN)C(Sc2ccc(Cl)c(Cl)c2)C1. The molecule has 2 N–H and O–H groups in total. The highest BCUT2D eigenvalue weighted by Gasteiger charge is 2.29. The third-order valence-electron chi connectivity index (χ3n) is 4.10. The van der Waals surface area contributed by atoms with Gasteiger partial charge in [-0.25, -0.2) is 0 Å². The number of hydrogen-bond donors (Lipinski definition) is 1. The van der Waals surface area contributed by atoms with Crippen molar-refractivity contribution in [2.45, 2.75) is 42.8 Å². The highest BCUT2D eigenvalue weighted by Crippen LogP contribution is 2.41. The van der Waals surface area contributed by atoms with Gasteiger partial charge in [-0.15, -0.1) is 11.8 Å². The third kappa shape index (κ3) is 4.04. The van der Waals surface area contributed by atoms with Crippen LogP contribution in [0.25, 0.3) is 0 Å². The number of benzene rings is 1. The van der Waals surface area contributed by atoms with Crippen LogP contribution in [-0.2, 0) is 0 Å². The smallest absolute Gasteiger partial charge is 0.0603 e. The molecule has 3 unspecified atom stereocenters. The average molecular weight is 318 g/mol. The summed E-state index contributed by atoms with van der Waals surface area (Å²) in [6.45, 7) is 3.07. The molecule has 1 nitrogen and oxygen atoms in total. The Morgan fingerprint density at radius 3 is 2.68 bits per heavy atom. The molecule has 1 aromatic carbocycles. The van der Waals surface area contributed by atoms with Gasteiger partial charge >= 0.3 is 0 Å². The molecule has 1 aliphatic carbocycles. The van der Waals surface area contributed by atoms with E-state index in [-0.39, 0.29) is 0 Å². The first kappa shape index (κ1) is 15.5. The van der Waals surface area contributed by atoms with E-state index >= 15 is 0 Å². The molecule has 0 amide bonds. The molecule has 0 saturated heterocycles. The minimum Gasteiger partial charge on any atom is -0.330 e. The topological polar surface area (TPSA) is 26.0 Å². The van der Waals surface area contributed by atoms with E-state index in [0.717, 1.165) is 12.5 Å². The molecule has 0 radical (unpaired) electrons. The van der Waals surface area contributed by atoms with E-state index in [9.17, 15) is 0 Å². The van der Waals surface area contributed by atoms with Crippen molar-refractivity contribution in [1.29, 1.82) is 0 Å². The molecule has 1 saturated carbocycles. The normalized spacial score (nSPS) is 27.5. The maximum atomic E-state index is 6.09. The van der Waals surface area contributed by atoms with Gasteiger partial charge in [0.1, 0.15) is 0 Å². The zero-order chi connectivity index (χ0) is 13.8. The lowest BCUT2D eigenvalue weighted by Crippen LogP contribution is -2.32. The zero-order valence-electron chi connectivity index (χ0n) is 11.2. The third-order valence-corrected chi connectivity index (χ3v) is 6.24. The van der Waals surface area contributed by atoms with Gasteiger partial charge in [-0.3, -0.25) is 0 Å². The lowest BCUT2D eigenvalue weighted by Gasteiger charge is -2.35. The fourth-order valence-electron chi connectivity index (χ4n) is 2.78. The van der Waals surface area contributed by atoms with Crippen LogP contribution >= 0.6 is 35.0 Å². The minimum atomic E-state index is 0.612. The molecule has 3 atom stereocenters. The quantitative estimate of drug-likeness (QED) is 0.821. The van der Waals surface area contributed by atoms with Crippen molar-refractivity contribution in [3.05, 3.63) is 28.2 Å². The molecular weight excluding hydrogens is 297 g/mol. The molecule has 19 heavy (non-hydrogen) atoms. The summed E-state index contributed by atoms with van der Waals surface area (Å²) >= 11 is 14.0. The van der Waals surface area contributed by atoms with Crippen LogP contribution in [-0.4, -0.2) is 11.8 Å². The summed E-state index contributed by atoms with van der Waals surface area (Å²) in [5, 5.41) is 1.87. The number of halogens is 2. The summed E-state index contributed by atoms with van der Waals surface area (Å²) < 4.78 is 0. The number of rotatable bonds is 4. The number of nitrogens with two attached hydrogens (primary N) is 1. The van der Waals surface area contributed by atoms with Gasteiger partial charge in [0.15, 0.2) is 0 Å². The summed E-state index contributed by atoms with van der Waals surface area (Å²) in [5.74, 6) is 1.48. The van der Waals surface area contributed by atoms with Crippen LogP contribution in [0.4, 0.5) is 0 Å². The Labute approximate surface area is 130 Å². The maximum absolute atomic E-state index is 6.09. The van der Waals surface area contributed by atoms with Gasteiger partial charge in [-0.1, -0.05) is 43.0 Å². The first-order valence-corrected chi connectivity index (χ1v) is 8.59. The monoisotopic (exact) mass is 317 g/mol. The summed E-state index contributed by atoms with van der Waals surface area (Å²) in [6.07, 6.45) is 5.13. The molecule has 0 spiro atoms. The highest BCUT2D eigenvalue weighted by molar-refractivity contribution is 8.00. The van der Waals surface area contributed by atoms with Crippen molar-refractivity contribution in [3.8, 4) is 0 Å². The predicted molar refractivity (Wildman–Crippen MR) is 86.3 cm³/mol. The van der Waals surface area contributed by atoms with Gasteiger partial charge in [0.05, 0.1) is 10.0 Å². The molecule has 0 heterocycles. The summed E-state index contributed by atoms with van der Waals surface area (Å²) in [4.78, 5) is 1.20. The average Bonchev–Trinajstić information content (AvgIpc) is 2.43. The van der Waals surface area contributed by atoms with Crippen molar-refractivity contribution < 1.29 is 0 Å².